The number of nitrogens with zero attached hydrogens (tertiary/aromatic N) is 2. The van der Waals surface area contributed by atoms with E-state index in [1.807, 2.05) is 37.2 Å². The van der Waals surface area contributed by atoms with Crippen molar-refractivity contribution in [3.8, 4) is 0 Å². The summed E-state index contributed by atoms with van der Waals surface area (Å²) >= 11 is 0. The lowest BCUT2D eigenvalue weighted by atomic mass is 10.1. The second-order valence-corrected chi connectivity index (χ2v) is 5.46. The number of likely N-dealkylation sites (N-methyl/N-ethyl adjacent to an activating group) is 1. The maximum atomic E-state index is 12.2. The van der Waals surface area contributed by atoms with E-state index >= 15 is 0 Å². The summed E-state index contributed by atoms with van der Waals surface area (Å²) < 4.78 is 0. The first-order valence-electron chi connectivity index (χ1n) is 7.69. The van der Waals surface area contributed by atoms with Crippen molar-refractivity contribution in [3.05, 3.63) is 23.8 Å². The van der Waals surface area contributed by atoms with Crippen LogP contribution in [0.1, 0.15) is 25.3 Å². The van der Waals surface area contributed by atoms with Gasteiger partial charge in [0.2, 0.25) is 12.3 Å². The number of benzene rings is 1. The van der Waals surface area contributed by atoms with Crippen molar-refractivity contribution in [2.75, 3.05) is 30.9 Å². The summed E-state index contributed by atoms with van der Waals surface area (Å²) in [7, 11) is 5.30. The van der Waals surface area contributed by atoms with Gasteiger partial charge in [0, 0.05) is 27.6 Å². The minimum Gasteiger partial charge on any atom is -0.376 e. The van der Waals surface area contributed by atoms with Crippen LogP contribution in [0, 0.1) is 0 Å². The van der Waals surface area contributed by atoms with Crippen molar-refractivity contribution in [3.63, 3.8) is 0 Å². The van der Waals surface area contributed by atoms with Gasteiger partial charge >= 0.3 is 0 Å². The van der Waals surface area contributed by atoms with Gasteiger partial charge in [0.1, 0.15) is 12.3 Å². The fraction of sp³-hybridized carbons (Fsp3) is 0.471. The summed E-state index contributed by atoms with van der Waals surface area (Å²) in [6.07, 6.45) is 2.79. The number of rotatable bonds is 9. The highest BCUT2D eigenvalue weighted by Crippen LogP contribution is 2.31. The molecule has 1 aromatic carbocycles. The molecular weight excluding hydrogens is 294 g/mol. The van der Waals surface area contributed by atoms with Gasteiger partial charge in [0.15, 0.2) is 0 Å². The van der Waals surface area contributed by atoms with Crippen molar-refractivity contribution >= 4 is 30.0 Å². The van der Waals surface area contributed by atoms with E-state index in [-0.39, 0.29) is 18.7 Å². The highest BCUT2D eigenvalue weighted by molar-refractivity contribution is 5.95. The molecule has 0 aromatic heterocycles. The Labute approximate surface area is 137 Å². The molecule has 6 nitrogen and oxygen atoms in total. The van der Waals surface area contributed by atoms with Crippen LogP contribution < -0.4 is 15.1 Å². The molecule has 0 bridgehead atoms. The standard InChI is InChI=1S/C17H25N3O3/c1-5-13-8-9-14(16(11-13)19(3)4)20(12-22)15(7-6-10-21)17(23)18-2/h8-12,15H,5-7H2,1-4H3,(H,18,23). The number of nitrogens with one attached hydrogen (secondary N) is 1. The molecule has 0 fully saturated rings. The number of carbonyl (C=O) groups is 3. The fourth-order valence-electron chi connectivity index (χ4n) is 2.45. The highest BCUT2D eigenvalue weighted by atomic mass is 16.2. The van der Waals surface area contributed by atoms with E-state index in [9.17, 15) is 14.4 Å². The molecule has 0 saturated heterocycles. The summed E-state index contributed by atoms with van der Waals surface area (Å²) in [5.41, 5.74) is 2.66. The Bertz CT molecular complexity index is 558. The van der Waals surface area contributed by atoms with E-state index in [0.717, 1.165) is 24.0 Å². The average molecular weight is 319 g/mol. The maximum Gasteiger partial charge on any atom is 0.242 e. The van der Waals surface area contributed by atoms with Crippen molar-refractivity contribution in [2.24, 2.45) is 0 Å². The first-order valence-corrected chi connectivity index (χ1v) is 7.69. The third-order valence-corrected chi connectivity index (χ3v) is 3.76. The maximum absolute atomic E-state index is 12.2. The average Bonchev–Trinajstić information content (AvgIpc) is 2.57. The van der Waals surface area contributed by atoms with E-state index in [2.05, 4.69) is 12.2 Å². The largest absolute Gasteiger partial charge is 0.376 e. The number of amides is 2. The number of hydrogen-bond acceptors (Lipinski definition) is 4. The van der Waals surface area contributed by atoms with Crippen LogP contribution in [0.3, 0.4) is 0 Å². The molecule has 1 atom stereocenters. The Kier molecular flexibility index (Phi) is 7.25. The molecule has 1 rings (SSSR count). The third-order valence-electron chi connectivity index (χ3n) is 3.76. The zero-order chi connectivity index (χ0) is 17.4. The molecule has 0 saturated carbocycles. The molecule has 0 aliphatic rings. The van der Waals surface area contributed by atoms with Crippen LogP contribution in [-0.2, 0) is 20.8 Å². The molecular formula is C17H25N3O3. The minimum absolute atomic E-state index is 0.215. The fourth-order valence-corrected chi connectivity index (χ4v) is 2.45. The van der Waals surface area contributed by atoms with Gasteiger partial charge in [-0.3, -0.25) is 9.59 Å². The summed E-state index contributed by atoms with van der Waals surface area (Å²) in [4.78, 5) is 37.8. The Hall–Kier alpha value is -2.37. The highest BCUT2D eigenvalue weighted by Gasteiger charge is 2.27. The molecule has 2 amide bonds. The third kappa shape index (κ3) is 4.55. The predicted octanol–water partition coefficient (Wildman–Crippen LogP) is 1.37. The van der Waals surface area contributed by atoms with Gasteiger partial charge in [-0.25, -0.2) is 0 Å². The van der Waals surface area contributed by atoms with E-state index in [0.29, 0.717) is 12.1 Å². The first kappa shape index (κ1) is 18.7. The van der Waals surface area contributed by atoms with Gasteiger partial charge in [0.05, 0.1) is 11.4 Å². The Morgan fingerprint density at radius 1 is 1.26 bits per heavy atom. The summed E-state index contributed by atoms with van der Waals surface area (Å²) in [6, 6.07) is 5.08. The molecule has 126 valence electrons. The lowest BCUT2D eigenvalue weighted by Gasteiger charge is -2.30. The zero-order valence-electron chi connectivity index (χ0n) is 14.2. The quantitative estimate of drug-likeness (QED) is 0.698. The Balaban J connectivity index is 3.32. The Morgan fingerprint density at radius 3 is 2.43 bits per heavy atom. The van der Waals surface area contributed by atoms with Crippen molar-refractivity contribution in [2.45, 2.75) is 32.2 Å². The second kappa shape index (κ2) is 8.92. The van der Waals surface area contributed by atoms with Gasteiger partial charge in [-0.2, -0.15) is 0 Å². The van der Waals surface area contributed by atoms with Crippen LogP contribution in [-0.4, -0.2) is 45.8 Å². The van der Waals surface area contributed by atoms with E-state index in [4.69, 9.17) is 0 Å². The lowest BCUT2D eigenvalue weighted by Crippen LogP contribution is -2.46. The Morgan fingerprint density at radius 2 is 1.96 bits per heavy atom. The molecule has 1 aromatic rings. The van der Waals surface area contributed by atoms with Crippen LogP contribution in [0.25, 0.3) is 0 Å². The lowest BCUT2D eigenvalue weighted by molar-refractivity contribution is -0.123. The van der Waals surface area contributed by atoms with Gasteiger partial charge < -0.3 is 19.9 Å². The SMILES string of the molecule is CCc1ccc(N(C=O)C(CCC=O)C(=O)NC)c(N(C)C)c1. The van der Waals surface area contributed by atoms with E-state index in [1.165, 1.54) is 11.9 Å². The van der Waals surface area contributed by atoms with Gasteiger partial charge in [0.25, 0.3) is 0 Å². The van der Waals surface area contributed by atoms with Crippen molar-refractivity contribution in [1.29, 1.82) is 0 Å². The topological polar surface area (TPSA) is 69.7 Å². The number of aldehydes is 1. The smallest absolute Gasteiger partial charge is 0.242 e. The van der Waals surface area contributed by atoms with E-state index in [1.54, 1.807) is 0 Å². The van der Waals surface area contributed by atoms with Crippen LogP contribution in [0.2, 0.25) is 0 Å². The van der Waals surface area contributed by atoms with Crippen LogP contribution >= 0.6 is 0 Å². The van der Waals surface area contributed by atoms with Gasteiger partial charge in [-0.15, -0.1) is 0 Å². The minimum atomic E-state index is -0.714. The zero-order valence-corrected chi connectivity index (χ0v) is 14.2. The number of carbonyl (C=O) groups excluding carboxylic acids is 3. The van der Waals surface area contributed by atoms with Crippen LogP contribution in [0.5, 0.6) is 0 Å². The predicted molar refractivity (Wildman–Crippen MR) is 91.8 cm³/mol. The molecule has 0 radical (unpaired) electrons. The second-order valence-electron chi connectivity index (χ2n) is 5.46. The molecule has 6 heteroatoms. The van der Waals surface area contributed by atoms with Crippen LogP contribution in [0.4, 0.5) is 11.4 Å². The summed E-state index contributed by atoms with van der Waals surface area (Å²) in [5, 5.41) is 2.56. The van der Waals surface area contributed by atoms with Crippen molar-refractivity contribution in [1.82, 2.24) is 5.32 Å². The molecule has 0 aliphatic heterocycles. The molecule has 23 heavy (non-hydrogen) atoms. The first-order chi connectivity index (χ1) is 11.0. The van der Waals surface area contributed by atoms with Crippen LogP contribution in [0.15, 0.2) is 18.2 Å². The molecule has 0 spiro atoms. The van der Waals surface area contributed by atoms with E-state index < -0.39 is 6.04 Å². The van der Waals surface area contributed by atoms with Gasteiger partial charge in [-0.05, 0) is 30.5 Å². The monoisotopic (exact) mass is 319 g/mol. The molecule has 1 unspecified atom stereocenters. The number of anilines is 2. The van der Waals surface area contributed by atoms with Crippen molar-refractivity contribution < 1.29 is 14.4 Å². The summed E-state index contributed by atoms with van der Waals surface area (Å²) in [5.74, 6) is -0.289. The number of hydrogen-bond donors (Lipinski definition) is 1. The molecule has 1 N–H and O–H groups in total. The summed E-state index contributed by atoms with van der Waals surface area (Å²) in [6.45, 7) is 2.06. The molecule has 0 aliphatic carbocycles. The normalized spacial score (nSPS) is 11.5. The number of aryl methyl sites for hydroxylation is 1. The molecule has 0 heterocycles. The van der Waals surface area contributed by atoms with Gasteiger partial charge in [-0.1, -0.05) is 13.0 Å².